The highest BCUT2D eigenvalue weighted by Gasteiger charge is 2.77. The topological polar surface area (TPSA) is 116 Å². The van der Waals surface area contributed by atoms with Crippen LogP contribution in [0.4, 0.5) is 9.18 Å². The maximum atomic E-state index is 17.4. The Labute approximate surface area is 215 Å². The molecule has 0 saturated heterocycles. The van der Waals surface area contributed by atoms with Gasteiger partial charge in [0.2, 0.25) is 5.78 Å². The maximum Gasteiger partial charge on any atom is 0.509 e. The molecule has 5 rings (SSSR count). The van der Waals surface area contributed by atoms with Crippen LogP contribution in [-0.2, 0) is 28.6 Å². The molecule has 202 valence electrons. The number of alkyl halides is 1. The molecular formula is C28H35FO8. The van der Waals surface area contributed by atoms with Crippen LogP contribution in [0.5, 0.6) is 0 Å². The zero-order valence-corrected chi connectivity index (χ0v) is 21.8. The number of fused-ring (bicyclic) bond motifs is 5. The van der Waals surface area contributed by atoms with Crippen LogP contribution in [0, 0.1) is 34.5 Å². The lowest BCUT2D eigenvalue weighted by atomic mass is 9.44. The molecule has 0 unspecified atom stereocenters. The molecule has 9 heteroatoms. The van der Waals surface area contributed by atoms with Gasteiger partial charge in [-0.25, -0.2) is 9.18 Å². The van der Waals surface area contributed by atoms with Gasteiger partial charge in [0.25, 0.3) is 0 Å². The van der Waals surface area contributed by atoms with Gasteiger partial charge < -0.3 is 19.3 Å². The van der Waals surface area contributed by atoms with Gasteiger partial charge in [-0.05, 0) is 63.5 Å². The summed E-state index contributed by atoms with van der Waals surface area (Å²) in [7, 11) is 1.14. The number of ether oxygens (including phenoxy) is 3. The second-order valence-electron chi connectivity index (χ2n) is 12.0. The molecular weight excluding hydrogens is 483 g/mol. The molecule has 0 aromatic heterocycles. The lowest BCUT2D eigenvalue weighted by molar-refractivity contribution is -0.222. The summed E-state index contributed by atoms with van der Waals surface area (Å²) in [6, 6.07) is 0. The van der Waals surface area contributed by atoms with Crippen molar-refractivity contribution in [1.29, 1.82) is 0 Å². The Morgan fingerprint density at radius 2 is 1.86 bits per heavy atom. The van der Waals surface area contributed by atoms with Gasteiger partial charge in [-0.1, -0.05) is 25.5 Å². The van der Waals surface area contributed by atoms with Crippen molar-refractivity contribution in [3.63, 3.8) is 0 Å². The van der Waals surface area contributed by atoms with Crippen LogP contribution in [-0.4, -0.2) is 59.9 Å². The average molecular weight is 519 g/mol. The lowest BCUT2D eigenvalue weighted by Gasteiger charge is -2.62. The summed E-state index contributed by atoms with van der Waals surface area (Å²) >= 11 is 0. The van der Waals surface area contributed by atoms with Gasteiger partial charge in [0.05, 0.1) is 19.1 Å². The van der Waals surface area contributed by atoms with Crippen molar-refractivity contribution in [3.05, 3.63) is 23.8 Å². The second kappa shape index (κ2) is 8.48. The van der Waals surface area contributed by atoms with Crippen LogP contribution in [0.1, 0.15) is 59.3 Å². The largest absolute Gasteiger partial charge is 0.509 e. The Bertz CT molecular complexity index is 1110. The number of rotatable bonds is 5. The Hall–Kier alpha value is -2.55. The minimum absolute atomic E-state index is 0.154. The number of allylic oxidation sites excluding steroid dienone is 4. The standard InChI is InChI=1S/C28H35FO8/c1-15-11-20-19-8-7-17-12-18(30)9-10-25(17,2)27(19,29)21(31)13-26(20,3)28(15,37-24(34)35-4)22(32)14-36-23(33)16-5-6-16/h9-10,12,15-16,19-21,31H,5-8,11,13-14H2,1-4H3/t15-,19+,20+,21+,25+,26+,27+,28+/m1/s1. The summed E-state index contributed by atoms with van der Waals surface area (Å²) in [4.78, 5) is 50.6. The van der Waals surface area contributed by atoms with E-state index in [-0.39, 0.29) is 18.1 Å². The summed E-state index contributed by atoms with van der Waals surface area (Å²) in [6.45, 7) is 4.69. The monoisotopic (exact) mass is 518 g/mol. The predicted molar refractivity (Wildman–Crippen MR) is 128 cm³/mol. The highest BCUT2D eigenvalue weighted by molar-refractivity contribution is 6.01. The van der Waals surface area contributed by atoms with E-state index in [9.17, 15) is 24.3 Å². The number of Topliss-reactive ketones (excluding diaryl/α,β-unsaturated/α-hetero) is 1. The Kier molecular flexibility index (Phi) is 5.98. The maximum absolute atomic E-state index is 17.4. The van der Waals surface area contributed by atoms with E-state index in [1.165, 1.54) is 12.2 Å². The average Bonchev–Trinajstić information content (AvgIpc) is 3.67. The summed E-state index contributed by atoms with van der Waals surface area (Å²) in [5.74, 6) is -3.08. The molecule has 5 aliphatic rings. The molecule has 1 N–H and O–H groups in total. The molecule has 37 heavy (non-hydrogen) atoms. The quantitative estimate of drug-likeness (QED) is 0.549. The number of esters is 1. The van der Waals surface area contributed by atoms with Gasteiger partial charge in [-0.3, -0.25) is 14.4 Å². The number of aliphatic hydroxyl groups is 1. The van der Waals surface area contributed by atoms with Crippen molar-refractivity contribution in [3.8, 4) is 0 Å². The lowest BCUT2D eigenvalue weighted by Crippen LogP contribution is -2.70. The molecule has 4 fully saturated rings. The van der Waals surface area contributed by atoms with Crippen molar-refractivity contribution in [2.45, 2.75) is 76.7 Å². The first-order valence-corrected chi connectivity index (χ1v) is 13.1. The number of ketones is 2. The zero-order valence-electron chi connectivity index (χ0n) is 21.8. The molecule has 0 heterocycles. The van der Waals surface area contributed by atoms with Crippen molar-refractivity contribution in [2.24, 2.45) is 34.5 Å². The van der Waals surface area contributed by atoms with Crippen LogP contribution >= 0.6 is 0 Å². The molecule has 0 radical (unpaired) electrons. The van der Waals surface area contributed by atoms with Gasteiger partial charge in [0.15, 0.2) is 23.7 Å². The van der Waals surface area contributed by atoms with Gasteiger partial charge in [0, 0.05) is 22.7 Å². The molecule has 8 nitrogen and oxygen atoms in total. The number of methoxy groups -OCH3 is 1. The predicted octanol–water partition coefficient (Wildman–Crippen LogP) is 3.65. The van der Waals surface area contributed by atoms with Crippen LogP contribution < -0.4 is 0 Å². The smallest absolute Gasteiger partial charge is 0.457 e. The van der Waals surface area contributed by atoms with Gasteiger partial charge in [0.1, 0.15) is 0 Å². The van der Waals surface area contributed by atoms with E-state index in [1.54, 1.807) is 26.8 Å². The highest BCUT2D eigenvalue weighted by Crippen LogP contribution is 2.71. The normalized spacial score (nSPS) is 44.2. The van der Waals surface area contributed by atoms with Gasteiger partial charge in [-0.2, -0.15) is 0 Å². The molecule has 4 saturated carbocycles. The van der Waals surface area contributed by atoms with Crippen molar-refractivity contribution in [2.75, 3.05) is 13.7 Å². The van der Waals surface area contributed by atoms with E-state index in [0.717, 1.165) is 7.11 Å². The minimum Gasteiger partial charge on any atom is -0.457 e. The summed E-state index contributed by atoms with van der Waals surface area (Å²) in [5, 5.41) is 11.5. The van der Waals surface area contributed by atoms with Crippen LogP contribution in [0.25, 0.3) is 0 Å². The summed E-state index contributed by atoms with van der Waals surface area (Å²) in [6.07, 6.45) is 4.34. The molecule has 0 amide bonds. The van der Waals surface area contributed by atoms with Crippen molar-refractivity contribution >= 4 is 23.7 Å². The van der Waals surface area contributed by atoms with E-state index in [2.05, 4.69) is 0 Å². The summed E-state index contributed by atoms with van der Waals surface area (Å²) < 4.78 is 33.3. The SMILES string of the molecule is COC(=O)O[C@]1(C(=O)COC(=O)C2CC2)[C@H](C)C[C@H]2[C@@H]3CCC4=CC(=O)C=C[C@]4(C)[C@@]3(F)[C@@H](O)C[C@@]21C. The van der Waals surface area contributed by atoms with Crippen LogP contribution in [0.2, 0.25) is 0 Å². The fourth-order valence-corrected chi connectivity index (χ4v) is 8.25. The molecule has 8 atom stereocenters. The number of halogens is 1. The molecule has 0 aromatic rings. The van der Waals surface area contributed by atoms with Crippen LogP contribution in [0.15, 0.2) is 23.8 Å². The second-order valence-corrected chi connectivity index (χ2v) is 12.0. The number of carbonyl (C=O) groups is 4. The first kappa shape index (κ1) is 26.1. The molecule has 0 spiro atoms. The molecule has 5 aliphatic carbocycles. The first-order valence-electron chi connectivity index (χ1n) is 13.1. The number of aliphatic hydroxyl groups excluding tert-OH is 1. The fourth-order valence-electron chi connectivity index (χ4n) is 8.25. The van der Waals surface area contributed by atoms with E-state index >= 15 is 4.39 Å². The highest BCUT2D eigenvalue weighted by atomic mass is 19.1. The van der Waals surface area contributed by atoms with E-state index in [0.29, 0.717) is 37.7 Å². The summed E-state index contributed by atoms with van der Waals surface area (Å²) in [5.41, 5.74) is -5.51. The van der Waals surface area contributed by atoms with E-state index in [4.69, 9.17) is 14.2 Å². The third-order valence-corrected chi connectivity index (χ3v) is 10.3. The third-order valence-electron chi connectivity index (χ3n) is 10.3. The third kappa shape index (κ3) is 3.41. The van der Waals surface area contributed by atoms with Crippen molar-refractivity contribution < 1.29 is 42.9 Å². The first-order chi connectivity index (χ1) is 17.3. The number of hydrogen-bond donors (Lipinski definition) is 1. The Morgan fingerprint density at radius 3 is 2.51 bits per heavy atom. The number of hydrogen-bond acceptors (Lipinski definition) is 8. The fraction of sp³-hybridized carbons (Fsp3) is 0.714. The van der Waals surface area contributed by atoms with E-state index in [1.807, 2.05) is 0 Å². The zero-order chi connectivity index (χ0) is 27.0. The van der Waals surface area contributed by atoms with Crippen LogP contribution in [0.3, 0.4) is 0 Å². The Balaban J connectivity index is 1.55. The van der Waals surface area contributed by atoms with Gasteiger partial charge in [-0.15, -0.1) is 0 Å². The van der Waals surface area contributed by atoms with E-state index < -0.39 is 70.5 Å². The van der Waals surface area contributed by atoms with Crippen molar-refractivity contribution in [1.82, 2.24) is 0 Å². The Morgan fingerprint density at radius 1 is 1.16 bits per heavy atom. The molecule has 0 aliphatic heterocycles. The molecule has 0 aromatic carbocycles. The molecule has 0 bridgehead atoms. The number of carbonyl (C=O) groups excluding carboxylic acids is 4. The minimum atomic E-state index is -2.08. The van der Waals surface area contributed by atoms with Gasteiger partial charge >= 0.3 is 12.1 Å².